The van der Waals surface area contributed by atoms with Gasteiger partial charge in [-0.2, -0.15) is 0 Å². The van der Waals surface area contributed by atoms with Crippen molar-refractivity contribution in [3.8, 4) is 28.6 Å². The van der Waals surface area contributed by atoms with E-state index in [1.807, 2.05) is 37.3 Å². The minimum atomic E-state index is -0.835. The van der Waals surface area contributed by atoms with Crippen LogP contribution >= 0.6 is 0 Å². The van der Waals surface area contributed by atoms with E-state index in [9.17, 15) is 4.79 Å². The third-order valence-electron chi connectivity index (χ3n) is 11.1. The number of hydrogen-bond acceptors (Lipinski definition) is 10. The van der Waals surface area contributed by atoms with Gasteiger partial charge in [0.25, 0.3) is 0 Å². The Hall–Kier alpha value is -3.31. The zero-order chi connectivity index (χ0) is 31.6. The molecule has 0 radical (unpaired) electrons. The molecule has 0 unspecified atom stereocenters. The summed E-state index contributed by atoms with van der Waals surface area (Å²) < 4.78 is 41.6. The van der Waals surface area contributed by atoms with Crippen molar-refractivity contribution in [2.75, 3.05) is 20.5 Å². The molecule has 46 heavy (non-hydrogen) atoms. The quantitative estimate of drug-likeness (QED) is 0.147. The zero-order valence-corrected chi connectivity index (χ0v) is 26.9. The fourth-order valence-corrected chi connectivity index (χ4v) is 8.57. The van der Waals surface area contributed by atoms with Gasteiger partial charge in [-0.3, -0.25) is 4.79 Å². The van der Waals surface area contributed by atoms with E-state index in [0.29, 0.717) is 41.9 Å². The van der Waals surface area contributed by atoms with E-state index in [4.69, 9.17) is 42.6 Å². The maximum atomic E-state index is 13.1. The predicted molar refractivity (Wildman–Crippen MR) is 165 cm³/mol. The summed E-state index contributed by atoms with van der Waals surface area (Å²) in [6, 6.07) is 11.8. The van der Waals surface area contributed by atoms with Crippen LogP contribution in [0, 0.1) is 23.7 Å². The van der Waals surface area contributed by atoms with Crippen LogP contribution in [0.3, 0.4) is 0 Å². The molecule has 2 bridgehead atoms. The number of carbonyl (C=O) groups excluding carboxylic acids is 1. The highest BCUT2D eigenvalue weighted by Gasteiger charge is 2.69. The first-order valence-corrected chi connectivity index (χ1v) is 16.6. The molecular weight excluding hydrogens is 592 g/mol. The molecule has 1 saturated carbocycles. The Kier molecular flexibility index (Phi) is 7.47. The minimum Gasteiger partial charge on any atom is -0.493 e. The molecule has 8 atom stereocenters. The van der Waals surface area contributed by atoms with Crippen molar-refractivity contribution >= 4 is 16.9 Å². The fourth-order valence-electron chi connectivity index (χ4n) is 8.57. The Morgan fingerprint density at radius 3 is 2.74 bits per heavy atom. The highest BCUT2D eigenvalue weighted by Crippen LogP contribution is 2.60. The van der Waals surface area contributed by atoms with Gasteiger partial charge in [-0.1, -0.05) is 13.8 Å². The van der Waals surface area contributed by atoms with Crippen molar-refractivity contribution < 1.29 is 47.4 Å². The molecule has 1 aromatic heterocycles. The highest BCUT2D eigenvalue weighted by atomic mass is 17.3. The molecule has 5 fully saturated rings. The topological polar surface area (TPSA) is 104 Å². The molecule has 0 amide bonds. The summed E-state index contributed by atoms with van der Waals surface area (Å²) in [6.07, 6.45) is 4.58. The number of furan rings is 1. The van der Waals surface area contributed by atoms with Crippen molar-refractivity contribution in [2.45, 2.75) is 89.5 Å². The Labute approximate surface area is 268 Å². The van der Waals surface area contributed by atoms with Gasteiger partial charge in [-0.15, -0.1) is 0 Å². The molecule has 6 heterocycles. The maximum Gasteiger partial charge on any atom is 0.308 e. The van der Waals surface area contributed by atoms with Crippen LogP contribution in [0.2, 0.25) is 0 Å². The molecule has 10 heteroatoms. The Morgan fingerprint density at radius 2 is 1.87 bits per heavy atom. The molecule has 3 aromatic rings. The number of carbonyl (C=O) groups is 1. The second-order valence-corrected chi connectivity index (χ2v) is 13.9. The average molecular weight is 635 g/mol. The number of aryl methyl sites for hydroxylation is 1. The monoisotopic (exact) mass is 634 g/mol. The van der Waals surface area contributed by atoms with Crippen LogP contribution in [0.15, 0.2) is 40.8 Å². The highest BCUT2D eigenvalue weighted by molar-refractivity contribution is 5.88. The van der Waals surface area contributed by atoms with Gasteiger partial charge < -0.3 is 32.8 Å². The second kappa shape index (κ2) is 11.4. The summed E-state index contributed by atoms with van der Waals surface area (Å²) in [6.45, 7) is 6.92. The number of benzene rings is 2. The molecular formula is C36H42O10. The standard InChI is InChI=1S/C36H42O10/c1-20-7-9-26-21(2)28(43-34-36(26)25(20)11-12-35(3,44-34)45-46-36)18-32(37)39-13-5-6-22-14-24-17-29(42-33(24)31(15-22)38-4)23-8-10-27-30(16-23)41-19-40-27/h8,10,14-17,20-21,25-26,28,34H,5-7,9,11-13,18-19H2,1-4H3/t20-,21-,25+,26+,28-,34-,35-,36-/m1/s1. The smallest absolute Gasteiger partial charge is 0.308 e. The Morgan fingerprint density at radius 1 is 1.00 bits per heavy atom. The number of hydrogen-bond donors (Lipinski definition) is 0. The first kappa shape index (κ1) is 30.1. The normalized spacial score (nSPS) is 34.3. The summed E-state index contributed by atoms with van der Waals surface area (Å²) in [5.41, 5.74) is 2.03. The molecule has 5 aliphatic heterocycles. The molecule has 10 nitrogen and oxygen atoms in total. The van der Waals surface area contributed by atoms with Crippen molar-refractivity contribution in [3.05, 3.63) is 42.0 Å². The van der Waals surface area contributed by atoms with Crippen LogP contribution in [-0.2, 0) is 35.2 Å². The van der Waals surface area contributed by atoms with Gasteiger partial charge in [-0.25, -0.2) is 9.78 Å². The zero-order valence-electron chi connectivity index (χ0n) is 26.9. The van der Waals surface area contributed by atoms with Crippen molar-refractivity contribution in [2.24, 2.45) is 23.7 Å². The van der Waals surface area contributed by atoms with E-state index in [-0.39, 0.29) is 37.1 Å². The number of esters is 1. The lowest BCUT2D eigenvalue weighted by atomic mass is 9.57. The van der Waals surface area contributed by atoms with Gasteiger partial charge in [0.1, 0.15) is 5.76 Å². The van der Waals surface area contributed by atoms with Crippen molar-refractivity contribution in [1.29, 1.82) is 0 Å². The largest absolute Gasteiger partial charge is 0.493 e. The van der Waals surface area contributed by atoms with Gasteiger partial charge in [0.2, 0.25) is 12.6 Å². The fraction of sp³-hybridized carbons (Fsp3) is 0.583. The number of fused-ring (bicyclic) bond motifs is 4. The van der Waals surface area contributed by atoms with Crippen molar-refractivity contribution in [3.63, 3.8) is 0 Å². The second-order valence-electron chi connectivity index (χ2n) is 13.9. The van der Waals surface area contributed by atoms with E-state index in [1.165, 1.54) is 0 Å². The number of ether oxygens (including phenoxy) is 6. The van der Waals surface area contributed by atoms with Crippen LogP contribution in [0.1, 0.15) is 64.9 Å². The molecule has 0 N–H and O–H groups in total. The van der Waals surface area contributed by atoms with Crippen molar-refractivity contribution in [1.82, 2.24) is 0 Å². The van der Waals surface area contributed by atoms with Gasteiger partial charge in [0.05, 0.1) is 26.2 Å². The molecule has 2 aromatic carbocycles. The molecule has 1 spiro atoms. The Bertz CT molecular complexity index is 1630. The van der Waals surface area contributed by atoms with Gasteiger partial charge >= 0.3 is 5.97 Å². The predicted octanol–water partition coefficient (Wildman–Crippen LogP) is 6.95. The van der Waals surface area contributed by atoms with Crippen LogP contribution < -0.4 is 14.2 Å². The van der Waals surface area contributed by atoms with Crippen LogP contribution in [0.5, 0.6) is 17.2 Å². The maximum absolute atomic E-state index is 13.1. The summed E-state index contributed by atoms with van der Waals surface area (Å²) in [7, 11) is 1.64. The molecule has 4 saturated heterocycles. The lowest BCUT2D eigenvalue weighted by molar-refractivity contribution is -0.571. The first-order valence-electron chi connectivity index (χ1n) is 16.6. The van der Waals surface area contributed by atoms with E-state index in [1.54, 1.807) is 7.11 Å². The van der Waals surface area contributed by atoms with Gasteiger partial charge in [0, 0.05) is 23.3 Å². The van der Waals surface area contributed by atoms with E-state index in [0.717, 1.165) is 60.1 Å². The van der Waals surface area contributed by atoms with Crippen LogP contribution in [0.25, 0.3) is 22.3 Å². The van der Waals surface area contributed by atoms with E-state index < -0.39 is 17.7 Å². The molecule has 6 aliphatic rings. The Balaban J connectivity index is 0.895. The van der Waals surface area contributed by atoms with Gasteiger partial charge in [-0.05, 0) is 98.7 Å². The number of rotatable bonds is 8. The molecule has 9 rings (SSSR count). The SMILES string of the molecule is COc1cc(CCCOC(=O)C[C@H]2O[C@@H]3O[C@@]4(C)CC[C@H]5[C@H](C)CC[C@@H]([C@H]2C)[C@@]35OO4)cc2cc(-c3ccc4c(c3)OCO4)oc12. The lowest BCUT2D eigenvalue weighted by Gasteiger charge is -2.60. The van der Waals surface area contributed by atoms with Crippen LogP contribution in [-0.4, -0.2) is 50.3 Å². The summed E-state index contributed by atoms with van der Waals surface area (Å²) in [5, 5.41) is 0.942. The molecule has 1 aliphatic carbocycles. The number of methoxy groups -OCH3 is 1. The minimum absolute atomic E-state index is 0.102. The summed E-state index contributed by atoms with van der Waals surface area (Å²) >= 11 is 0. The lowest BCUT2D eigenvalue weighted by Crippen LogP contribution is -2.70. The summed E-state index contributed by atoms with van der Waals surface area (Å²) in [5.74, 6) is 2.80. The van der Waals surface area contributed by atoms with E-state index in [2.05, 4.69) is 19.9 Å². The van der Waals surface area contributed by atoms with E-state index >= 15 is 0 Å². The third-order valence-corrected chi connectivity index (χ3v) is 11.1. The van der Waals surface area contributed by atoms with Crippen LogP contribution in [0.4, 0.5) is 0 Å². The average Bonchev–Trinajstić information content (AvgIpc) is 3.64. The van der Waals surface area contributed by atoms with Gasteiger partial charge in [0.15, 0.2) is 34.7 Å². The first-order chi connectivity index (χ1) is 22.3. The molecule has 246 valence electrons. The third kappa shape index (κ3) is 4.96. The summed E-state index contributed by atoms with van der Waals surface area (Å²) in [4.78, 5) is 25.2.